The van der Waals surface area contributed by atoms with Gasteiger partial charge in [0.2, 0.25) is 0 Å². The third-order valence-corrected chi connectivity index (χ3v) is 1.59. The van der Waals surface area contributed by atoms with Gasteiger partial charge in [-0.2, -0.15) is 4.57 Å². The first-order valence-electron chi connectivity index (χ1n) is 2.64. The third kappa shape index (κ3) is 2.01. The zero-order valence-electron chi connectivity index (χ0n) is 4.97. The SMILES string of the molecule is ClC(Cl)(Cl)[n+]1ccccc1. The molecule has 4 heteroatoms. The Kier molecular flexibility index (Phi) is 2.40. The number of halogens is 3. The van der Waals surface area contributed by atoms with E-state index < -0.39 is 3.92 Å². The Hall–Kier alpha value is 0.0200. The summed E-state index contributed by atoms with van der Waals surface area (Å²) in [7, 11) is 0. The van der Waals surface area contributed by atoms with Crippen molar-refractivity contribution < 1.29 is 4.57 Å². The molecule has 1 heterocycles. The van der Waals surface area contributed by atoms with Crippen LogP contribution in [0.5, 0.6) is 0 Å². The molecule has 1 nitrogen and oxygen atoms in total. The molecule has 0 spiro atoms. The molecule has 54 valence electrons. The maximum absolute atomic E-state index is 5.55. The van der Waals surface area contributed by atoms with Gasteiger partial charge >= 0.3 is 3.92 Å². The number of hydrogen-bond acceptors (Lipinski definition) is 0. The summed E-state index contributed by atoms with van der Waals surface area (Å²) in [6.07, 6.45) is 3.38. The summed E-state index contributed by atoms with van der Waals surface area (Å²) < 4.78 is 0.110. The number of rotatable bonds is 0. The lowest BCUT2D eigenvalue weighted by atomic mass is 10.5. The van der Waals surface area contributed by atoms with Crippen LogP contribution in [0.15, 0.2) is 30.6 Å². The molecule has 0 radical (unpaired) electrons. The van der Waals surface area contributed by atoms with E-state index in [9.17, 15) is 0 Å². The molecule has 0 aliphatic carbocycles. The van der Waals surface area contributed by atoms with Crippen molar-refractivity contribution >= 4 is 34.8 Å². The maximum atomic E-state index is 5.55. The van der Waals surface area contributed by atoms with Crippen LogP contribution in [0.1, 0.15) is 0 Å². The van der Waals surface area contributed by atoms with Gasteiger partial charge in [0, 0.05) is 12.1 Å². The Labute approximate surface area is 74.1 Å². The van der Waals surface area contributed by atoms with E-state index in [1.807, 2.05) is 6.07 Å². The first kappa shape index (κ1) is 8.12. The molecule has 0 atom stereocenters. The Balaban J connectivity index is 2.97. The minimum absolute atomic E-state index is 1.37. The number of nitrogens with zero attached hydrogens (tertiary/aromatic N) is 1. The summed E-state index contributed by atoms with van der Waals surface area (Å²) in [6, 6.07) is 5.44. The summed E-state index contributed by atoms with van der Waals surface area (Å²) >= 11 is 16.7. The molecular formula is C6H5Cl3N+. The van der Waals surface area contributed by atoms with Crippen molar-refractivity contribution in [2.24, 2.45) is 0 Å². The Bertz CT molecular complexity index is 204. The van der Waals surface area contributed by atoms with Crippen molar-refractivity contribution in [3.05, 3.63) is 30.6 Å². The molecule has 1 aromatic heterocycles. The predicted octanol–water partition coefficient (Wildman–Crippen LogP) is 2.26. The molecule has 0 bridgehead atoms. The number of alkyl halides is 3. The van der Waals surface area contributed by atoms with Gasteiger partial charge in [0.05, 0.1) is 0 Å². The monoisotopic (exact) mass is 196 g/mol. The van der Waals surface area contributed by atoms with Gasteiger partial charge in [-0.05, 0) is 34.8 Å². The van der Waals surface area contributed by atoms with E-state index in [2.05, 4.69) is 0 Å². The largest absolute Gasteiger partial charge is 0.399 e. The molecule has 0 aliphatic rings. The third-order valence-electron chi connectivity index (χ3n) is 1.01. The lowest BCUT2D eigenvalue weighted by Crippen LogP contribution is -2.43. The number of aromatic nitrogens is 1. The van der Waals surface area contributed by atoms with Crippen LogP contribution in [0, 0.1) is 0 Å². The lowest BCUT2D eigenvalue weighted by molar-refractivity contribution is -0.699. The van der Waals surface area contributed by atoms with E-state index in [1.54, 1.807) is 24.5 Å². The summed E-state index contributed by atoms with van der Waals surface area (Å²) in [5.74, 6) is 0. The van der Waals surface area contributed by atoms with E-state index in [4.69, 9.17) is 34.8 Å². The summed E-state index contributed by atoms with van der Waals surface area (Å²) in [6.45, 7) is 0. The highest BCUT2D eigenvalue weighted by molar-refractivity contribution is 6.63. The van der Waals surface area contributed by atoms with Crippen molar-refractivity contribution in [3.63, 3.8) is 0 Å². The van der Waals surface area contributed by atoms with Crippen molar-refractivity contribution in [1.82, 2.24) is 0 Å². The van der Waals surface area contributed by atoms with E-state index in [0.717, 1.165) is 0 Å². The minimum atomic E-state index is -1.37. The second-order valence-corrected chi connectivity index (χ2v) is 3.97. The molecular weight excluding hydrogens is 192 g/mol. The fourth-order valence-electron chi connectivity index (χ4n) is 0.568. The van der Waals surface area contributed by atoms with Crippen LogP contribution >= 0.6 is 34.8 Å². The van der Waals surface area contributed by atoms with Gasteiger partial charge in [-0.3, -0.25) is 0 Å². The first-order valence-corrected chi connectivity index (χ1v) is 3.77. The molecule has 0 saturated heterocycles. The topological polar surface area (TPSA) is 3.88 Å². The summed E-state index contributed by atoms with van der Waals surface area (Å²) in [5, 5.41) is 0. The van der Waals surface area contributed by atoms with Gasteiger partial charge in [0.1, 0.15) is 0 Å². The molecule has 0 unspecified atom stereocenters. The van der Waals surface area contributed by atoms with Crippen molar-refractivity contribution in [2.75, 3.05) is 0 Å². The van der Waals surface area contributed by atoms with E-state index in [-0.39, 0.29) is 0 Å². The molecule has 0 N–H and O–H groups in total. The van der Waals surface area contributed by atoms with Crippen LogP contribution in [-0.4, -0.2) is 0 Å². The van der Waals surface area contributed by atoms with E-state index in [0.29, 0.717) is 0 Å². The quantitative estimate of drug-likeness (QED) is 0.444. The number of hydrogen-bond donors (Lipinski definition) is 0. The zero-order valence-corrected chi connectivity index (χ0v) is 7.24. The van der Waals surface area contributed by atoms with Crippen LogP contribution in [0.3, 0.4) is 0 Å². The van der Waals surface area contributed by atoms with Gasteiger partial charge in [0.25, 0.3) is 0 Å². The maximum Gasteiger partial charge on any atom is 0.399 e. The molecule has 0 amide bonds. The first-order chi connectivity index (χ1) is 4.61. The molecule has 1 rings (SSSR count). The Morgan fingerprint density at radius 2 is 1.40 bits per heavy atom. The Morgan fingerprint density at radius 3 is 1.70 bits per heavy atom. The van der Waals surface area contributed by atoms with Crippen LogP contribution in [0.4, 0.5) is 0 Å². The standard InChI is InChI=1S/C6H5Cl3N/c7-6(8,9)10-4-2-1-3-5-10/h1-5H/q+1. The average Bonchev–Trinajstić information content (AvgIpc) is 1.88. The van der Waals surface area contributed by atoms with Crippen molar-refractivity contribution in [2.45, 2.75) is 3.92 Å². The fourth-order valence-corrected chi connectivity index (χ4v) is 0.906. The normalized spacial score (nSPS) is 11.5. The predicted molar refractivity (Wildman–Crippen MR) is 42.2 cm³/mol. The van der Waals surface area contributed by atoms with Crippen LogP contribution in [0.25, 0.3) is 0 Å². The van der Waals surface area contributed by atoms with Gasteiger partial charge in [-0.25, -0.2) is 0 Å². The molecule has 0 fully saturated rings. The second-order valence-electron chi connectivity index (χ2n) is 1.75. The minimum Gasteiger partial charge on any atom is -0.158 e. The Morgan fingerprint density at radius 1 is 0.900 bits per heavy atom. The molecule has 10 heavy (non-hydrogen) atoms. The second kappa shape index (κ2) is 2.95. The van der Waals surface area contributed by atoms with Crippen molar-refractivity contribution in [1.29, 1.82) is 0 Å². The summed E-state index contributed by atoms with van der Waals surface area (Å²) in [4.78, 5) is 0. The van der Waals surface area contributed by atoms with E-state index in [1.165, 1.54) is 4.57 Å². The highest BCUT2D eigenvalue weighted by Gasteiger charge is 2.30. The van der Waals surface area contributed by atoms with Crippen LogP contribution in [-0.2, 0) is 3.92 Å². The van der Waals surface area contributed by atoms with Gasteiger partial charge in [0.15, 0.2) is 12.4 Å². The highest BCUT2D eigenvalue weighted by Crippen LogP contribution is 2.24. The molecule has 0 saturated carbocycles. The van der Waals surface area contributed by atoms with Crippen LogP contribution in [0.2, 0.25) is 0 Å². The lowest BCUT2D eigenvalue weighted by Gasteiger charge is -2.02. The van der Waals surface area contributed by atoms with Gasteiger partial charge in [-0.1, -0.05) is 6.07 Å². The zero-order chi connectivity index (χ0) is 7.61. The fraction of sp³-hybridized carbons (Fsp3) is 0.167. The molecule has 1 aromatic rings. The average molecular weight is 197 g/mol. The molecule has 0 aliphatic heterocycles. The van der Waals surface area contributed by atoms with Gasteiger partial charge in [-0.15, -0.1) is 0 Å². The summed E-state index contributed by atoms with van der Waals surface area (Å²) in [5.41, 5.74) is 0. The highest BCUT2D eigenvalue weighted by atomic mass is 35.6. The van der Waals surface area contributed by atoms with Crippen LogP contribution < -0.4 is 4.57 Å². The van der Waals surface area contributed by atoms with Crippen molar-refractivity contribution in [3.8, 4) is 0 Å². The molecule has 0 aromatic carbocycles. The smallest absolute Gasteiger partial charge is 0.158 e. The number of pyridine rings is 1. The van der Waals surface area contributed by atoms with Gasteiger partial charge < -0.3 is 0 Å². The van der Waals surface area contributed by atoms with E-state index >= 15 is 0 Å².